The number of aromatic carboxylic acids is 1. The van der Waals surface area contributed by atoms with Crippen molar-refractivity contribution in [3.63, 3.8) is 0 Å². The first kappa shape index (κ1) is 35.9. The van der Waals surface area contributed by atoms with Gasteiger partial charge < -0.3 is 30.0 Å². The minimum atomic E-state index is -1.08. The van der Waals surface area contributed by atoms with Gasteiger partial charge in [0.25, 0.3) is 11.8 Å². The van der Waals surface area contributed by atoms with E-state index in [1.165, 1.54) is 18.2 Å². The number of imide groups is 2. The molecule has 5 amide bonds. The van der Waals surface area contributed by atoms with Crippen LogP contribution in [0.2, 0.25) is 0 Å². The predicted molar refractivity (Wildman–Crippen MR) is 198 cm³/mol. The Morgan fingerprint density at radius 1 is 0.944 bits per heavy atom. The summed E-state index contributed by atoms with van der Waals surface area (Å²) in [4.78, 5) is 93.5. The number of amides is 5. The van der Waals surface area contributed by atoms with Gasteiger partial charge in [-0.25, -0.2) is 4.79 Å². The van der Waals surface area contributed by atoms with Crippen molar-refractivity contribution in [2.24, 2.45) is 0 Å². The number of nitrogens with one attached hydrogen (secondary N) is 3. The number of fused-ring (bicyclic) bond motifs is 2. The maximum atomic E-state index is 13.4. The number of carbonyl (C=O) groups excluding carboxylic acids is 5. The number of aryl methyl sites for hydroxylation is 1. The zero-order valence-electron chi connectivity index (χ0n) is 29.6. The van der Waals surface area contributed by atoms with Crippen LogP contribution >= 0.6 is 0 Å². The number of hydrogen-bond donors (Lipinski definition) is 4. The topological polar surface area (TPSA) is 199 Å². The molecule has 3 aromatic carbocycles. The quantitative estimate of drug-likeness (QED) is 0.173. The Morgan fingerprint density at radius 2 is 1.69 bits per heavy atom. The van der Waals surface area contributed by atoms with E-state index in [1.54, 1.807) is 41.3 Å². The second kappa shape index (κ2) is 14.5. The highest BCUT2D eigenvalue weighted by Gasteiger charge is 2.45. The van der Waals surface area contributed by atoms with Gasteiger partial charge >= 0.3 is 5.97 Å². The molecule has 54 heavy (non-hydrogen) atoms. The molecule has 278 valence electrons. The Morgan fingerprint density at radius 3 is 2.43 bits per heavy atom. The van der Waals surface area contributed by atoms with Crippen LogP contribution in [0.1, 0.15) is 74.4 Å². The fourth-order valence-corrected chi connectivity index (χ4v) is 7.31. The van der Waals surface area contributed by atoms with Gasteiger partial charge in [0.15, 0.2) is 11.3 Å². The molecule has 2 fully saturated rings. The summed E-state index contributed by atoms with van der Waals surface area (Å²) in [5.74, 6) is -3.19. The van der Waals surface area contributed by atoms with E-state index in [4.69, 9.17) is 4.42 Å². The van der Waals surface area contributed by atoms with E-state index in [9.17, 15) is 38.7 Å². The van der Waals surface area contributed by atoms with Gasteiger partial charge in [-0.3, -0.25) is 39.0 Å². The fraction of sp³-hybridized carbons (Fsp3) is 0.308. The Kier molecular flexibility index (Phi) is 9.62. The Bertz CT molecular complexity index is 2290. The average Bonchev–Trinajstić information content (AvgIpc) is 3.40. The number of anilines is 3. The minimum Gasteiger partial charge on any atom is -0.478 e. The standard InChI is InChI=1S/C39H38N6O9/c1-21-18-25(22(2)41-27-8-4-3-6-23(27)39(52)53)35-26(19-21)30(46)20-33(54-35)44-16-14-43(15-17-44)32(48)12-13-40-28-9-5-7-24-34(28)38(51)45(37(24)50)29-10-11-31(47)42-36(29)49/h3-9,18-20,22,29,40-41H,10-17H2,1-2H3,(H,52,53)(H,42,47,49)/t22-,29?/m0/s1. The lowest BCUT2D eigenvalue weighted by atomic mass is 10.0. The number of carbonyl (C=O) groups is 6. The molecule has 4 heterocycles. The van der Waals surface area contributed by atoms with Crippen LogP contribution in [0.15, 0.2) is 69.9 Å². The van der Waals surface area contributed by atoms with E-state index in [1.807, 2.05) is 24.8 Å². The molecule has 7 rings (SSSR count). The van der Waals surface area contributed by atoms with Gasteiger partial charge in [-0.15, -0.1) is 0 Å². The monoisotopic (exact) mass is 734 g/mol. The van der Waals surface area contributed by atoms with Crippen LogP contribution in [0.5, 0.6) is 0 Å². The largest absolute Gasteiger partial charge is 0.478 e. The van der Waals surface area contributed by atoms with Crippen LogP contribution in [0.25, 0.3) is 11.0 Å². The van der Waals surface area contributed by atoms with Crippen LogP contribution < -0.4 is 26.3 Å². The summed E-state index contributed by atoms with van der Waals surface area (Å²) in [6.45, 7) is 5.50. The molecule has 0 bridgehead atoms. The second-order valence-corrected chi connectivity index (χ2v) is 13.6. The maximum absolute atomic E-state index is 13.4. The third-order valence-electron chi connectivity index (χ3n) is 10.1. The highest BCUT2D eigenvalue weighted by Crippen LogP contribution is 2.33. The summed E-state index contributed by atoms with van der Waals surface area (Å²) in [5.41, 5.74) is 2.94. The zero-order valence-corrected chi connectivity index (χ0v) is 29.6. The van der Waals surface area contributed by atoms with Crippen molar-refractivity contribution >= 4 is 63.7 Å². The number of carboxylic acid groups (broad SMARTS) is 1. The summed E-state index contributed by atoms with van der Waals surface area (Å²) in [6.07, 6.45) is 0.177. The Balaban J connectivity index is 0.990. The molecule has 0 spiro atoms. The third kappa shape index (κ3) is 6.75. The van der Waals surface area contributed by atoms with Gasteiger partial charge in [-0.05, 0) is 56.2 Å². The van der Waals surface area contributed by atoms with Crippen LogP contribution in [0.4, 0.5) is 17.3 Å². The fourth-order valence-electron chi connectivity index (χ4n) is 7.31. The predicted octanol–water partition coefficient (Wildman–Crippen LogP) is 3.52. The van der Waals surface area contributed by atoms with Gasteiger partial charge in [0.05, 0.1) is 28.1 Å². The van der Waals surface area contributed by atoms with E-state index < -0.39 is 41.7 Å². The molecule has 1 aromatic heterocycles. The van der Waals surface area contributed by atoms with Gasteiger partial charge in [-0.1, -0.05) is 24.3 Å². The molecule has 0 saturated carbocycles. The lowest BCUT2D eigenvalue weighted by molar-refractivity contribution is -0.136. The third-order valence-corrected chi connectivity index (χ3v) is 10.1. The van der Waals surface area contributed by atoms with Crippen molar-refractivity contribution in [2.45, 2.75) is 45.2 Å². The summed E-state index contributed by atoms with van der Waals surface area (Å²) in [5, 5.41) is 18.6. The van der Waals surface area contributed by atoms with Crippen molar-refractivity contribution in [2.75, 3.05) is 48.3 Å². The summed E-state index contributed by atoms with van der Waals surface area (Å²) in [6, 6.07) is 15.0. The zero-order chi connectivity index (χ0) is 38.3. The number of para-hydroxylation sites is 1. The molecular weight excluding hydrogens is 696 g/mol. The van der Waals surface area contributed by atoms with E-state index in [-0.39, 0.29) is 53.8 Å². The van der Waals surface area contributed by atoms with Gasteiger partial charge in [0, 0.05) is 68.6 Å². The van der Waals surface area contributed by atoms with E-state index >= 15 is 0 Å². The SMILES string of the molecule is Cc1cc([C@H](C)Nc2ccccc2C(=O)O)c2oc(N3CCN(C(=O)CCNc4cccc5c4C(=O)N(C4CCC(=O)NC4=O)C5=O)CC3)cc(=O)c2c1. The van der Waals surface area contributed by atoms with Gasteiger partial charge in [0.2, 0.25) is 17.7 Å². The molecular formula is C39H38N6O9. The van der Waals surface area contributed by atoms with Crippen molar-refractivity contribution in [3.05, 3.63) is 98.7 Å². The van der Waals surface area contributed by atoms with Crippen LogP contribution in [-0.4, -0.2) is 89.2 Å². The highest BCUT2D eigenvalue weighted by molar-refractivity contribution is 6.25. The van der Waals surface area contributed by atoms with Gasteiger partial charge in [0.1, 0.15) is 11.6 Å². The molecule has 4 aromatic rings. The number of hydrogen-bond acceptors (Lipinski definition) is 11. The molecule has 0 radical (unpaired) electrons. The number of piperidine rings is 1. The number of rotatable bonds is 10. The summed E-state index contributed by atoms with van der Waals surface area (Å²) in [7, 11) is 0. The lowest BCUT2D eigenvalue weighted by Gasteiger charge is -2.35. The van der Waals surface area contributed by atoms with E-state index in [2.05, 4.69) is 16.0 Å². The normalized spacial score (nSPS) is 17.7. The maximum Gasteiger partial charge on any atom is 0.337 e. The van der Waals surface area contributed by atoms with Crippen LogP contribution in [0.3, 0.4) is 0 Å². The number of piperazine rings is 1. The smallest absolute Gasteiger partial charge is 0.337 e. The van der Waals surface area contributed by atoms with Crippen molar-refractivity contribution in [1.29, 1.82) is 0 Å². The molecule has 1 unspecified atom stereocenters. The first-order chi connectivity index (χ1) is 25.9. The van der Waals surface area contributed by atoms with Gasteiger partial charge in [-0.2, -0.15) is 0 Å². The molecule has 15 nitrogen and oxygen atoms in total. The highest BCUT2D eigenvalue weighted by atomic mass is 16.4. The van der Waals surface area contributed by atoms with Crippen LogP contribution in [0, 0.1) is 6.92 Å². The minimum absolute atomic E-state index is 0.0209. The first-order valence-corrected chi connectivity index (χ1v) is 17.7. The molecule has 2 atom stereocenters. The van der Waals surface area contributed by atoms with Crippen molar-refractivity contribution in [3.8, 4) is 0 Å². The Labute approximate surface area is 308 Å². The van der Waals surface area contributed by atoms with E-state index in [0.29, 0.717) is 60.0 Å². The first-order valence-electron chi connectivity index (χ1n) is 17.7. The molecule has 15 heteroatoms. The number of benzene rings is 3. The summed E-state index contributed by atoms with van der Waals surface area (Å²) >= 11 is 0. The Hall–Kier alpha value is -6.51. The second-order valence-electron chi connectivity index (χ2n) is 13.6. The molecule has 2 saturated heterocycles. The number of nitrogens with zero attached hydrogens (tertiary/aromatic N) is 3. The average molecular weight is 735 g/mol. The van der Waals surface area contributed by atoms with Crippen molar-refractivity contribution in [1.82, 2.24) is 15.1 Å². The molecule has 0 aliphatic carbocycles. The van der Waals surface area contributed by atoms with Crippen LogP contribution in [-0.2, 0) is 14.4 Å². The lowest BCUT2D eigenvalue weighted by Crippen LogP contribution is -2.54. The molecule has 3 aliphatic rings. The van der Waals surface area contributed by atoms with Crippen molar-refractivity contribution < 1.29 is 38.3 Å². The molecule has 4 N–H and O–H groups in total. The summed E-state index contributed by atoms with van der Waals surface area (Å²) < 4.78 is 6.39. The number of carboxylic acids is 1. The molecule has 3 aliphatic heterocycles. The van der Waals surface area contributed by atoms with E-state index in [0.717, 1.165) is 10.5 Å².